The van der Waals surface area contributed by atoms with E-state index in [1.54, 1.807) is 11.3 Å². The highest BCUT2D eigenvalue weighted by Gasteiger charge is 2.17. The molecule has 1 aliphatic heterocycles. The molecule has 1 atom stereocenters. The second-order valence-electron chi connectivity index (χ2n) is 4.75. The summed E-state index contributed by atoms with van der Waals surface area (Å²) < 4.78 is 6.66. The third-order valence-electron chi connectivity index (χ3n) is 3.19. The van der Waals surface area contributed by atoms with E-state index in [9.17, 15) is 4.79 Å². The zero-order valence-electron chi connectivity index (χ0n) is 11.1. The van der Waals surface area contributed by atoms with Gasteiger partial charge in [-0.25, -0.2) is 4.98 Å². The van der Waals surface area contributed by atoms with Gasteiger partial charge in [-0.05, 0) is 12.1 Å². The predicted molar refractivity (Wildman–Crippen MR) is 78.7 cm³/mol. The lowest BCUT2D eigenvalue weighted by molar-refractivity contribution is -0.124. The Balaban J connectivity index is 1.51. The maximum Gasteiger partial charge on any atom is 0.223 e. The van der Waals surface area contributed by atoms with Crippen LogP contribution in [0.25, 0.3) is 10.2 Å². The molecule has 5 nitrogen and oxygen atoms in total. The van der Waals surface area contributed by atoms with Crippen molar-refractivity contribution in [2.75, 3.05) is 19.7 Å². The number of hydrogen-bond acceptors (Lipinski definition) is 5. The number of nitrogens with zero attached hydrogens (tertiary/aromatic N) is 1. The molecule has 1 saturated heterocycles. The number of carbonyl (C=O) groups is 1. The van der Waals surface area contributed by atoms with E-state index in [0.29, 0.717) is 19.6 Å². The Hall–Kier alpha value is -1.50. The third-order valence-corrected chi connectivity index (χ3v) is 4.23. The average molecular weight is 291 g/mol. The Labute approximate surface area is 121 Å². The van der Waals surface area contributed by atoms with Crippen molar-refractivity contribution in [2.45, 2.75) is 19.1 Å². The first-order chi connectivity index (χ1) is 9.81. The van der Waals surface area contributed by atoms with Crippen LogP contribution in [0.2, 0.25) is 0 Å². The molecule has 106 valence electrons. The molecule has 3 rings (SSSR count). The number of aromatic nitrogens is 1. The molecule has 6 heteroatoms. The van der Waals surface area contributed by atoms with Crippen LogP contribution < -0.4 is 10.6 Å². The number of benzene rings is 1. The molecule has 1 amide bonds. The van der Waals surface area contributed by atoms with Gasteiger partial charge in [-0.15, -0.1) is 11.3 Å². The molecule has 1 fully saturated rings. The normalized spacial score (nSPS) is 19.1. The first-order valence-electron chi connectivity index (χ1n) is 6.75. The van der Waals surface area contributed by atoms with E-state index in [1.807, 2.05) is 24.3 Å². The number of nitrogens with one attached hydrogen (secondary N) is 2. The summed E-state index contributed by atoms with van der Waals surface area (Å²) in [5, 5.41) is 7.06. The summed E-state index contributed by atoms with van der Waals surface area (Å²) in [5.74, 6) is 0.0120. The topological polar surface area (TPSA) is 63.2 Å². The van der Waals surface area contributed by atoms with Gasteiger partial charge in [0, 0.05) is 13.1 Å². The Morgan fingerprint density at radius 1 is 1.50 bits per heavy atom. The van der Waals surface area contributed by atoms with E-state index in [1.165, 1.54) is 0 Å². The van der Waals surface area contributed by atoms with Crippen molar-refractivity contribution in [3.63, 3.8) is 0 Å². The smallest absolute Gasteiger partial charge is 0.223 e. The molecule has 2 aromatic rings. The fourth-order valence-corrected chi connectivity index (χ4v) is 3.11. The number of ether oxygens (including phenoxy) is 1. The average Bonchev–Trinajstić information content (AvgIpc) is 2.89. The highest BCUT2D eigenvalue weighted by atomic mass is 32.1. The number of para-hydroxylation sites is 1. The van der Waals surface area contributed by atoms with Crippen molar-refractivity contribution >= 4 is 27.5 Å². The SMILES string of the molecule is O=C(C[C@@H]1CNCCO1)NCc1nc2ccccc2s1. The van der Waals surface area contributed by atoms with Crippen LogP contribution >= 0.6 is 11.3 Å². The van der Waals surface area contributed by atoms with Gasteiger partial charge in [-0.1, -0.05) is 12.1 Å². The number of rotatable bonds is 4. The molecule has 1 aromatic heterocycles. The standard InChI is InChI=1S/C14H17N3O2S/c18-13(7-10-8-15-5-6-19-10)16-9-14-17-11-3-1-2-4-12(11)20-14/h1-4,10,15H,5-9H2,(H,16,18)/t10-/m1/s1. The van der Waals surface area contributed by atoms with Gasteiger partial charge in [-0.3, -0.25) is 4.79 Å². The molecular formula is C14H17N3O2S. The lowest BCUT2D eigenvalue weighted by Gasteiger charge is -2.22. The van der Waals surface area contributed by atoms with Gasteiger partial charge in [0.1, 0.15) is 5.01 Å². The Morgan fingerprint density at radius 2 is 2.40 bits per heavy atom. The third kappa shape index (κ3) is 3.33. The van der Waals surface area contributed by atoms with Crippen LogP contribution in [0.1, 0.15) is 11.4 Å². The van der Waals surface area contributed by atoms with Gasteiger partial charge >= 0.3 is 0 Å². The zero-order chi connectivity index (χ0) is 13.8. The van der Waals surface area contributed by atoms with Crippen LogP contribution in [-0.2, 0) is 16.1 Å². The van der Waals surface area contributed by atoms with Crippen LogP contribution in [-0.4, -0.2) is 36.7 Å². The van der Waals surface area contributed by atoms with E-state index < -0.39 is 0 Å². The fourth-order valence-electron chi connectivity index (χ4n) is 2.20. The number of hydrogen-bond donors (Lipinski definition) is 2. The summed E-state index contributed by atoms with van der Waals surface area (Å²) in [7, 11) is 0. The molecule has 2 N–H and O–H groups in total. The molecule has 0 aliphatic carbocycles. The zero-order valence-corrected chi connectivity index (χ0v) is 11.9. The quantitative estimate of drug-likeness (QED) is 0.891. The minimum atomic E-state index is -0.0147. The molecule has 0 saturated carbocycles. The maximum atomic E-state index is 11.9. The van der Waals surface area contributed by atoms with Crippen molar-refractivity contribution in [1.82, 2.24) is 15.6 Å². The summed E-state index contributed by atoms with van der Waals surface area (Å²) >= 11 is 1.62. The number of carbonyl (C=O) groups excluding carboxylic acids is 1. The first-order valence-corrected chi connectivity index (χ1v) is 7.56. The summed E-state index contributed by atoms with van der Waals surface area (Å²) in [6, 6.07) is 7.99. The lowest BCUT2D eigenvalue weighted by atomic mass is 10.2. The monoisotopic (exact) mass is 291 g/mol. The highest BCUT2D eigenvalue weighted by Crippen LogP contribution is 2.21. The molecule has 0 bridgehead atoms. The van der Waals surface area contributed by atoms with Gasteiger partial charge in [0.15, 0.2) is 0 Å². The number of morpholine rings is 1. The lowest BCUT2D eigenvalue weighted by Crippen LogP contribution is -2.41. The van der Waals surface area contributed by atoms with E-state index in [-0.39, 0.29) is 12.0 Å². The van der Waals surface area contributed by atoms with Crippen LogP contribution in [0.15, 0.2) is 24.3 Å². The van der Waals surface area contributed by atoms with E-state index in [0.717, 1.165) is 28.3 Å². The molecule has 0 unspecified atom stereocenters. The van der Waals surface area contributed by atoms with Crippen molar-refractivity contribution in [3.05, 3.63) is 29.3 Å². The van der Waals surface area contributed by atoms with Crippen molar-refractivity contribution in [1.29, 1.82) is 0 Å². The Kier molecular flexibility index (Phi) is 4.25. The Bertz CT molecular complexity index is 560. The van der Waals surface area contributed by atoms with E-state index >= 15 is 0 Å². The summed E-state index contributed by atoms with van der Waals surface area (Å²) in [6.45, 7) is 2.77. The van der Waals surface area contributed by atoms with Crippen molar-refractivity contribution < 1.29 is 9.53 Å². The largest absolute Gasteiger partial charge is 0.375 e. The highest BCUT2D eigenvalue weighted by molar-refractivity contribution is 7.18. The van der Waals surface area contributed by atoms with Crippen LogP contribution in [0.4, 0.5) is 0 Å². The number of thiazole rings is 1. The minimum Gasteiger partial charge on any atom is -0.375 e. The summed E-state index contributed by atoms with van der Waals surface area (Å²) in [4.78, 5) is 16.3. The molecule has 2 heterocycles. The first kappa shape index (κ1) is 13.5. The molecule has 0 spiro atoms. The van der Waals surface area contributed by atoms with Crippen LogP contribution in [0.3, 0.4) is 0 Å². The second kappa shape index (κ2) is 6.30. The molecule has 1 aromatic carbocycles. The van der Waals surface area contributed by atoms with Gasteiger partial charge in [0.2, 0.25) is 5.91 Å². The van der Waals surface area contributed by atoms with E-state index in [4.69, 9.17) is 4.74 Å². The Morgan fingerprint density at radius 3 is 3.20 bits per heavy atom. The predicted octanol–water partition coefficient (Wildman–Crippen LogP) is 1.29. The van der Waals surface area contributed by atoms with E-state index in [2.05, 4.69) is 15.6 Å². The summed E-state index contributed by atoms with van der Waals surface area (Å²) in [5.41, 5.74) is 0.988. The number of fused-ring (bicyclic) bond motifs is 1. The van der Waals surface area contributed by atoms with Gasteiger partial charge in [0.05, 0.1) is 35.9 Å². The van der Waals surface area contributed by atoms with Crippen molar-refractivity contribution in [2.24, 2.45) is 0 Å². The fraction of sp³-hybridized carbons (Fsp3) is 0.429. The minimum absolute atomic E-state index is 0.0120. The van der Waals surface area contributed by atoms with Crippen LogP contribution in [0, 0.1) is 0 Å². The van der Waals surface area contributed by atoms with Gasteiger partial charge < -0.3 is 15.4 Å². The second-order valence-corrected chi connectivity index (χ2v) is 5.87. The molecule has 20 heavy (non-hydrogen) atoms. The van der Waals surface area contributed by atoms with Gasteiger partial charge in [0.25, 0.3) is 0 Å². The van der Waals surface area contributed by atoms with Gasteiger partial charge in [-0.2, -0.15) is 0 Å². The molecule has 0 radical (unpaired) electrons. The summed E-state index contributed by atoms with van der Waals surface area (Å²) in [6.07, 6.45) is 0.386. The molecular weight excluding hydrogens is 274 g/mol. The van der Waals surface area contributed by atoms with Crippen molar-refractivity contribution in [3.8, 4) is 0 Å². The number of amides is 1. The molecule has 1 aliphatic rings. The maximum absolute atomic E-state index is 11.9. The van der Waals surface area contributed by atoms with Crippen LogP contribution in [0.5, 0.6) is 0 Å².